The molecule has 1 saturated heterocycles. The molecule has 0 radical (unpaired) electrons. The number of fused-ring (bicyclic) bond motifs is 1. The third-order valence-electron chi connectivity index (χ3n) is 6.57. The second-order valence-corrected chi connectivity index (χ2v) is 9.56. The van der Waals surface area contributed by atoms with Gasteiger partial charge in [0.15, 0.2) is 11.1 Å². The lowest BCUT2D eigenvalue weighted by Gasteiger charge is -2.36. The lowest BCUT2D eigenvalue weighted by Crippen LogP contribution is -2.50. The number of carboxylic acid groups (broad SMARTS) is 1. The van der Waals surface area contributed by atoms with Gasteiger partial charge < -0.3 is 19.7 Å². The van der Waals surface area contributed by atoms with E-state index in [9.17, 15) is 14.9 Å². The standard InChI is InChI=1S/C26H23ClN6O4/c1-13-6-18(15(3)30-20-4-5-22(27)31-21(20)8-28)25-19(7-13)23(34)14(2)24(37-25)16-9-29-33(10-16)17-11-32(12-17)26(35)36/h4-7,9-10,15,17,30H,11-12H2,1-3H3,(H,35,36). The van der Waals surface area contributed by atoms with E-state index in [1.807, 2.05) is 26.0 Å². The quantitative estimate of drug-likeness (QED) is 0.356. The van der Waals surface area contributed by atoms with Gasteiger partial charge in [-0.3, -0.25) is 9.48 Å². The first-order valence-electron chi connectivity index (χ1n) is 11.6. The Labute approximate surface area is 216 Å². The number of halogens is 1. The Morgan fingerprint density at radius 1 is 1.32 bits per heavy atom. The number of aromatic nitrogens is 3. The largest absolute Gasteiger partial charge is 0.465 e. The van der Waals surface area contributed by atoms with Crippen LogP contribution >= 0.6 is 11.6 Å². The Balaban J connectivity index is 1.55. The highest BCUT2D eigenvalue weighted by Gasteiger charge is 2.32. The van der Waals surface area contributed by atoms with Crippen LogP contribution in [0.15, 0.2) is 45.9 Å². The summed E-state index contributed by atoms with van der Waals surface area (Å²) in [6, 6.07) is 8.67. The summed E-state index contributed by atoms with van der Waals surface area (Å²) in [5, 5.41) is 26.9. The van der Waals surface area contributed by atoms with Crippen LogP contribution in [0.25, 0.3) is 22.3 Å². The van der Waals surface area contributed by atoms with Crippen LogP contribution in [0.4, 0.5) is 10.5 Å². The number of nitrogens with zero attached hydrogens (tertiary/aromatic N) is 5. The number of nitrogens with one attached hydrogen (secondary N) is 1. The number of likely N-dealkylation sites (tertiary alicyclic amines) is 1. The van der Waals surface area contributed by atoms with Crippen molar-refractivity contribution >= 4 is 34.4 Å². The first-order valence-corrected chi connectivity index (χ1v) is 12.0. The first-order chi connectivity index (χ1) is 17.7. The SMILES string of the molecule is Cc1cc(C(C)Nc2ccc(Cl)nc2C#N)c2oc(-c3cnn(C4CN(C(=O)O)C4)c3)c(C)c(=O)c2c1. The average Bonchev–Trinajstić information content (AvgIpc) is 3.30. The van der Waals surface area contributed by atoms with Crippen molar-refractivity contribution in [2.75, 3.05) is 18.4 Å². The zero-order valence-electron chi connectivity index (χ0n) is 20.3. The number of pyridine rings is 1. The second kappa shape index (κ2) is 9.26. The minimum atomic E-state index is -0.957. The van der Waals surface area contributed by atoms with E-state index in [-0.39, 0.29) is 28.4 Å². The molecule has 37 heavy (non-hydrogen) atoms. The van der Waals surface area contributed by atoms with Crippen molar-refractivity contribution in [3.8, 4) is 17.4 Å². The van der Waals surface area contributed by atoms with Crippen LogP contribution in [0.1, 0.15) is 41.4 Å². The number of benzene rings is 1. The Morgan fingerprint density at radius 3 is 2.78 bits per heavy atom. The molecule has 0 spiro atoms. The number of aryl methyl sites for hydroxylation is 1. The highest BCUT2D eigenvalue weighted by molar-refractivity contribution is 6.29. The molecule has 1 fully saturated rings. The third-order valence-corrected chi connectivity index (χ3v) is 6.78. The molecule has 1 unspecified atom stereocenters. The number of nitriles is 1. The summed E-state index contributed by atoms with van der Waals surface area (Å²) < 4.78 is 8.09. The number of hydrogen-bond donors (Lipinski definition) is 2. The van der Waals surface area contributed by atoms with E-state index in [2.05, 4.69) is 15.4 Å². The fourth-order valence-corrected chi connectivity index (χ4v) is 4.69. The summed E-state index contributed by atoms with van der Waals surface area (Å²) in [7, 11) is 0. The predicted molar refractivity (Wildman–Crippen MR) is 138 cm³/mol. The highest BCUT2D eigenvalue weighted by atomic mass is 35.5. The highest BCUT2D eigenvalue weighted by Crippen LogP contribution is 2.33. The van der Waals surface area contributed by atoms with E-state index in [0.29, 0.717) is 46.6 Å². The molecule has 2 N–H and O–H groups in total. The molecule has 10 nitrogen and oxygen atoms in total. The smallest absolute Gasteiger partial charge is 0.407 e. The normalized spacial score (nSPS) is 14.3. The van der Waals surface area contributed by atoms with E-state index in [4.69, 9.17) is 21.1 Å². The van der Waals surface area contributed by atoms with Crippen LogP contribution < -0.4 is 10.7 Å². The number of hydrogen-bond acceptors (Lipinski definition) is 7. The van der Waals surface area contributed by atoms with Gasteiger partial charge >= 0.3 is 6.09 Å². The van der Waals surface area contributed by atoms with Crippen LogP contribution in [0, 0.1) is 25.2 Å². The lowest BCUT2D eigenvalue weighted by molar-refractivity contribution is 0.0812. The fourth-order valence-electron chi connectivity index (χ4n) is 4.55. The summed E-state index contributed by atoms with van der Waals surface area (Å²) in [6.07, 6.45) is 2.44. The molecular weight excluding hydrogens is 496 g/mol. The van der Waals surface area contributed by atoms with E-state index in [1.54, 1.807) is 42.2 Å². The van der Waals surface area contributed by atoms with Crippen LogP contribution in [-0.2, 0) is 0 Å². The van der Waals surface area contributed by atoms with Crippen molar-refractivity contribution in [3.05, 3.63) is 74.4 Å². The molecule has 0 bridgehead atoms. The molecule has 3 aromatic heterocycles. The van der Waals surface area contributed by atoms with Crippen molar-refractivity contribution in [3.63, 3.8) is 0 Å². The summed E-state index contributed by atoms with van der Waals surface area (Å²) in [5.74, 6) is 0.404. The molecule has 188 valence electrons. The van der Waals surface area contributed by atoms with E-state index >= 15 is 0 Å². The molecule has 1 aliphatic heterocycles. The van der Waals surface area contributed by atoms with Gasteiger partial charge in [-0.2, -0.15) is 10.4 Å². The molecule has 1 aliphatic rings. The van der Waals surface area contributed by atoms with Gasteiger partial charge in [-0.1, -0.05) is 17.7 Å². The Morgan fingerprint density at radius 2 is 2.08 bits per heavy atom. The van der Waals surface area contributed by atoms with Gasteiger partial charge in [-0.25, -0.2) is 9.78 Å². The Bertz CT molecular complexity index is 1650. The summed E-state index contributed by atoms with van der Waals surface area (Å²) in [4.78, 5) is 29.9. The minimum absolute atomic E-state index is 0.0675. The summed E-state index contributed by atoms with van der Waals surface area (Å²) >= 11 is 5.94. The monoisotopic (exact) mass is 518 g/mol. The van der Waals surface area contributed by atoms with Gasteiger partial charge in [-0.05, 0) is 44.5 Å². The molecular formula is C26H23ClN6O4. The van der Waals surface area contributed by atoms with Gasteiger partial charge in [-0.15, -0.1) is 0 Å². The van der Waals surface area contributed by atoms with E-state index in [0.717, 1.165) is 11.1 Å². The fraction of sp³-hybridized carbons (Fsp3) is 0.269. The second-order valence-electron chi connectivity index (χ2n) is 9.17. The number of carbonyl (C=O) groups is 1. The van der Waals surface area contributed by atoms with E-state index in [1.165, 1.54) is 4.90 Å². The number of rotatable bonds is 5. The first kappa shape index (κ1) is 24.3. The van der Waals surface area contributed by atoms with Crippen LogP contribution in [0.5, 0.6) is 0 Å². The van der Waals surface area contributed by atoms with Gasteiger partial charge in [0.2, 0.25) is 0 Å². The number of amides is 1. The molecule has 11 heteroatoms. The van der Waals surface area contributed by atoms with E-state index < -0.39 is 6.09 Å². The zero-order valence-corrected chi connectivity index (χ0v) is 21.1. The maximum absolute atomic E-state index is 13.4. The molecule has 4 heterocycles. The Kier molecular flexibility index (Phi) is 6.09. The Hall–Kier alpha value is -4.36. The lowest BCUT2D eigenvalue weighted by atomic mass is 9.99. The van der Waals surface area contributed by atoms with Crippen LogP contribution in [-0.4, -0.2) is 44.0 Å². The van der Waals surface area contributed by atoms with Crippen molar-refractivity contribution in [2.45, 2.75) is 32.9 Å². The third kappa shape index (κ3) is 4.38. The molecule has 0 saturated carbocycles. The van der Waals surface area contributed by atoms with Crippen molar-refractivity contribution in [2.24, 2.45) is 0 Å². The summed E-state index contributed by atoms with van der Waals surface area (Å²) in [5.41, 5.74) is 3.70. The maximum Gasteiger partial charge on any atom is 0.407 e. The predicted octanol–water partition coefficient (Wildman–Crippen LogP) is 4.90. The van der Waals surface area contributed by atoms with Crippen molar-refractivity contribution in [1.29, 1.82) is 5.26 Å². The molecule has 5 rings (SSSR count). The molecule has 1 atom stereocenters. The summed E-state index contributed by atoms with van der Waals surface area (Å²) in [6.45, 7) is 6.25. The molecule has 4 aromatic rings. The van der Waals surface area contributed by atoms with Crippen LogP contribution in [0.2, 0.25) is 5.15 Å². The molecule has 0 aliphatic carbocycles. The van der Waals surface area contributed by atoms with Gasteiger partial charge in [0.25, 0.3) is 0 Å². The maximum atomic E-state index is 13.4. The van der Waals surface area contributed by atoms with Crippen molar-refractivity contribution in [1.82, 2.24) is 19.7 Å². The van der Waals surface area contributed by atoms with Gasteiger partial charge in [0.05, 0.1) is 34.9 Å². The molecule has 1 amide bonds. The van der Waals surface area contributed by atoms with Gasteiger partial charge in [0.1, 0.15) is 22.6 Å². The number of anilines is 1. The van der Waals surface area contributed by atoms with Gasteiger partial charge in [0, 0.05) is 30.4 Å². The zero-order chi connectivity index (χ0) is 26.4. The average molecular weight is 519 g/mol. The minimum Gasteiger partial charge on any atom is -0.465 e. The van der Waals surface area contributed by atoms with Crippen molar-refractivity contribution < 1.29 is 14.3 Å². The van der Waals surface area contributed by atoms with Crippen LogP contribution in [0.3, 0.4) is 0 Å². The topological polar surface area (TPSA) is 137 Å². The molecule has 1 aromatic carbocycles.